The van der Waals surface area contributed by atoms with Crippen LogP contribution < -0.4 is 5.32 Å². The first-order valence-electron chi connectivity index (χ1n) is 7.13. The minimum absolute atomic E-state index is 0.189. The van der Waals surface area contributed by atoms with Crippen LogP contribution in [0.2, 0.25) is 0 Å². The number of imidazole rings is 1. The molecule has 4 nitrogen and oxygen atoms in total. The van der Waals surface area contributed by atoms with Gasteiger partial charge in [0.1, 0.15) is 5.82 Å². The van der Waals surface area contributed by atoms with Gasteiger partial charge >= 0.3 is 0 Å². The molecular formula is C16H22FN3O. The lowest BCUT2D eigenvalue weighted by Gasteiger charge is -2.19. The molecular weight excluding hydrogens is 269 g/mol. The third-order valence-corrected chi connectivity index (χ3v) is 3.38. The van der Waals surface area contributed by atoms with E-state index in [1.807, 2.05) is 25.3 Å². The first-order valence-corrected chi connectivity index (χ1v) is 7.13. The summed E-state index contributed by atoms with van der Waals surface area (Å²) in [6.45, 7) is 4.80. The average Bonchev–Trinajstić information content (AvgIpc) is 2.89. The predicted octanol–water partition coefficient (Wildman–Crippen LogP) is 3.27. The van der Waals surface area contributed by atoms with Crippen molar-refractivity contribution in [3.8, 4) is 0 Å². The van der Waals surface area contributed by atoms with E-state index < -0.39 is 0 Å². The molecule has 1 heterocycles. The van der Waals surface area contributed by atoms with E-state index in [1.165, 1.54) is 12.1 Å². The number of hydrogen-bond donors (Lipinski definition) is 1. The van der Waals surface area contributed by atoms with Gasteiger partial charge in [0.25, 0.3) is 0 Å². The number of nitrogens with zero attached hydrogens (tertiary/aromatic N) is 2. The van der Waals surface area contributed by atoms with Gasteiger partial charge in [-0.25, -0.2) is 9.37 Å². The standard InChI is InChI=1S/C16H22FN3O/c1-12(11-21-3)19-16-18-8-9-20(16)13(2)10-14-4-6-15(17)7-5-14/h4-9,12-13H,10-11H2,1-3H3,(H,18,19). The van der Waals surface area contributed by atoms with Crippen molar-refractivity contribution in [3.05, 3.63) is 48.0 Å². The lowest BCUT2D eigenvalue weighted by Crippen LogP contribution is -2.24. The van der Waals surface area contributed by atoms with E-state index in [4.69, 9.17) is 4.74 Å². The van der Waals surface area contributed by atoms with Crippen LogP contribution in [0.4, 0.5) is 10.3 Å². The van der Waals surface area contributed by atoms with Crippen LogP contribution >= 0.6 is 0 Å². The normalized spacial score (nSPS) is 13.9. The van der Waals surface area contributed by atoms with Gasteiger partial charge in [-0.3, -0.25) is 0 Å². The number of ether oxygens (including phenoxy) is 1. The van der Waals surface area contributed by atoms with Gasteiger partial charge in [0, 0.05) is 31.6 Å². The molecule has 0 bridgehead atoms. The molecule has 0 aliphatic rings. The first kappa shape index (κ1) is 15.5. The Morgan fingerprint density at radius 1 is 1.29 bits per heavy atom. The predicted molar refractivity (Wildman–Crippen MR) is 82.0 cm³/mol. The van der Waals surface area contributed by atoms with Crippen molar-refractivity contribution < 1.29 is 9.13 Å². The Labute approximate surface area is 125 Å². The Kier molecular flexibility index (Phi) is 5.33. The summed E-state index contributed by atoms with van der Waals surface area (Å²) < 4.78 is 20.2. The van der Waals surface area contributed by atoms with Crippen molar-refractivity contribution in [2.45, 2.75) is 32.4 Å². The number of anilines is 1. The fraction of sp³-hybridized carbons (Fsp3) is 0.438. The van der Waals surface area contributed by atoms with Gasteiger partial charge in [-0.1, -0.05) is 12.1 Å². The molecule has 2 rings (SSSR count). The number of halogens is 1. The van der Waals surface area contributed by atoms with Gasteiger partial charge in [0.15, 0.2) is 0 Å². The van der Waals surface area contributed by atoms with Crippen LogP contribution in [0.15, 0.2) is 36.7 Å². The maximum Gasteiger partial charge on any atom is 0.203 e. The number of hydrogen-bond acceptors (Lipinski definition) is 3. The Hall–Kier alpha value is -1.88. The zero-order valence-corrected chi connectivity index (χ0v) is 12.7. The van der Waals surface area contributed by atoms with Crippen LogP contribution in [0.1, 0.15) is 25.5 Å². The third kappa shape index (κ3) is 4.29. The van der Waals surface area contributed by atoms with Crippen molar-refractivity contribution in [1.29, 1.82) is 0 Å². The minimum atomic E-state index is -0.204. The molecule has 0 saturated carbocycles. The van der Waals surface area contributed by atoms with Crippen LogP contribution in [-0.2, 0) is 11.2 Å². The summed E-state index contributed by atoms with van der Waals surface area (Å²) in [6, 6.07) is 7.06. The maximum absolute atomic E-state index is 12.9. The molecule has 1 aromatic heterocycles. The molecule has 2 aromatic rings. The number of aromatic nitrogens is 2. The highest BCUT2D eigenvalue weighted by atomic mass is 19.1. The van der Waals surface area contributed by atoms with E-state index in [0.717, 1.165) is 17.9 Å². The Balaban J connectivity index is 2.04. The SMILES string of the molecule is COCC(C)Nc1nccn1C(C)Cc1ccc(F)cc1. The zero-order chi connectivity index (χ0) is 15.2. The van der Waals surface area contributed by atoms with Crippen molar-refractivity contribution in [1.82, 2.24) is 9.55 Å². The maximum atomic E-state index is 12.9. The molecule has 21 heavy (non-hydrogen) atoms. The lowest BCUT2D eigenvalue weighted by atomic mass is 10.1. The quantitative estimate of drug-likeness (QED) is 0.851. The fourth-order valence-electron chi connectivity index (χ4n) is 2.35. The van der Waals surface area contributed by atoms with Crippen LogP contribution in [0.25, 0.3) is 0 Å². The van der Waals surface area contributed by atoms with E-state index in [1.54, 1.807) is 13.3 Å². The highest BCUT2D eigenvalue weighted by Crippen LogP contribution is 2.19. The second-order valence-corrected chi connectivity index (χ2v) is 5.34. The Morgan fingerprint density at radius 2 is 2.00 bits per heavy atom. The minimum Gasteiger partial charge on any atom is -0.383 e. The summed E-state index contributed by atoms with van der Waals surface area (Å²) in [7, 11) is 1.68. The van der Waals surface area contributed by atoms with E-state index in [-0.39, 0.29) is 17.9 Å². The highest BCUT2D eigenvalue weighted by Gasteiger charge is 2.12. The summed E-state index contributed by atoms with van der Waals surface area (Å²) in [5.41, 5.74) is 1.11. The van der Waals surface area contributed by atoms with Gasteiger partial charge in [0.2, 0.25) is 5.95 Å². The van der Waals surface area contributed by atoms with E-state index in [2.05, 4.69) is 21.8 Å². The second kappa shape index (κ2) is 7.22. The topological polar surface area (TPSA) is 39.1 Å². The van der Waals surface area contributed by atoms with Crippen LogP contribution in [0.5, 0.6) is 0 Å². The number of methoxy groups -OCH3 is 1. The molecule has 114 valence electrons. The van der Waals surface area contributed by atoms with Crippen molar-refractivity contribution in [3.63, 3.8) is 0 Å². The average molecular weight is 291 g/mol. The molecule has 1 aromatic carbocycles. The van der Waals surface area contributed by atoms with Crippen LogP contribution in [0, 0.1) is 5.82 Å². The lowest BCUT2D eigenvalue weighted by molar-refractivity contribution is 0.190. The van der Waals surface area contributed by atoms with E-state index >= 15 is 0 Å². The van der Waals surface area contributed by atoms with Crippen LogP contribution in [-0.4, -0.2) is 29.3 Å². The van der Waals surface area contributed by atoms with Crippen molar-refractivity contribution in [2.24, 2.45) is 0 Å². The van der Waals surface area contributed by atoms with Gasteiger partial charge in [-0.2, -0.15) is 0 Å². The van der Waals surface area contributed by atoms with E-state index in [9.17, 15) is 4.39 Å². The molecule has 0 aliphatic carbocycles. The molecule has 0 fully saturated rings. The smallest absolute Gasteiger partial charge is 0.203 e. The van der Waals surface area contributed by atoms with Gasteiger partial charge in [-0.15, -0.1) is 0 Å². The highest BCUT2D eigenvalue weighted by molar-refractivity contribution is 5.28. The summed E-state index contributed by atoms with van der Waals surface area (Å²) in [4.78, 5) is 4.35. The second-order valence-electron chi connectivity index (χ2n) is 5.34. The summed E-state index contributed by atoms with van der Waals surface area (Å²) in [6.07, 6.45) is 4.56. The molecule has 0 amide bonds. The number of benzene rings is 1. The summed E-state index contributed by atoms with van der Waals surface area (Å²) in [5.74, 6) is 0.624. The molecule has 5 heteroatoms. The third-order valence-electron chi connectivity index (χ3n) is 3.38. The van der Waals surface area contributed by atoms with Crippen LogP contribution in [0.3, 0.4) is 0 Å². The Bertz CT molecular complexity index is 553. The molecule has 0 aliphatic heterocycles. The molecule has 0 radical (unpaired) electrons. The monoisotopic (exact) mass is 291 g/mol. The largest absolute Gasteiger partial charge is 0.383 e. The first-order chi connectivity index (χ1) is 10.1. The van der Waals surface area contributed by atoms with Crippen molar-refractivity contribution >= 4 is 5.95 Å². The van der Waals surface area contributed by atoms with Gasteiger partial charge in [-0.05, 0) is 38.0 Å². The molecule has 2 unspecified atom stereocenters. The van der Waals surface area contributed by atoms with Gasteiger partial charge < -0.3 is 14.6 Å². The Morgan fingerprint density at radius 3 is 2.67 bits per heavy atom. The molecule has 2 atom stereocenters. The van der Waals surface area contributed by atoms with Crippen molar-refractivity contribution in [2.75, 3.05) is 19.0 Å². The molecule has 0 saturated heterocycles. The van der Waals surface area contributed by atoms with Gasteiger partial charge in [0.05, 0.1) is 6.61 Å². The number of rotatable bonds is 7. The molecule has 1 N–H and O–H groups in total. The number of nitrogens with one attached hydrogen (secondary N) is 1. The summed E-state index contributed by atoms with van der Waals surface area (Å²) in [5, 5.41) is 3.33. The van der Waals surface area contributed by atoms with E-state index in [0.29, 0.717) is 6.61 Å². The zero-order valence-electron chi connectivity index (χ0n) is 12.7. The summed E-state index contributed by atoms with van der Waals surface area (Å²) >= 11 is 0. The fourth-order valence-corrected chi connectivity index (χ4v) is 2.35. The molecule has 0 spiro atoms.